The zero-order valence-electron chi connectivity index (χ0n) is 10.4. The fraction of sp³-hybridized carbons (Fsp3) is 0.0714. The Hall–Kier alpha value is -1.79. The lowest BCUT2D eigenvalue weighted by Crippen LogP contribution is -2.17. The molecule has 7 heteroatoms. The van der Waals surface area contributed by atoms with E-state index in [9.17, 15) is 13.2 Å². The first-order valence-corrected chi connectivity index (χ1v) is 6.50. The minimum absolute atomic E-state index is 0.202. The zero-order valence-corrected chi connectivity index (χ0v) is 12.0. The first kappa shape index (κ1) is 15.6. The zero-order chi connectivity index (χ0) is 15.6. The molecule has 2 nitrogen and oxygen atoms in total. The molecule has 0 bridgehead atoms. The summed E-state index contributed by atoms with van der Waals surface area (Å²) in [6.07, 6.45) is -4.53. The van der Waals surface area contributed by atoms with E-state index >= 15 is 0 Å². The van der Waals surface area contributed by atoms with Gasteiger partial charge in [-0.3, -0.25) is 0 Å². The highest BCUT2D eigenvalue weighted by molar-refractivity contribution is 7.80. The molecule has 0 heterocycles. The average molecular weight is 332 g/mol. The van der Waals surface area contributed by atoms with Gasteiger partial charge in [0.25, 0.3) is 0 Å². The van der Waals surface area contributed by atoms with Crippen LogP contribution in [0, 0.1) is 0 Å². The third-order valence-electron chi connectivity index (χ3n) is 2.61. The van der Waals surface area contributed by atoms with E-state index in [2.05, 4.69) is 12.2 Å². The molecule has 0 spiro atoms. The number of rotatable bonds is 3. The van der Waals surface area contributed by atoms with Gasteiger partial charge in [0.05, 0.1) is 5.56 Å². The first-order valence-electron chi connectivity index (χ1n) is 5.72. The number of thiocarbonyl (C=S) groups is 1. The number of halogens is 4. The van der Waals surface area contributed by atoms with Gasteiger partial charge in [-0.25, -0.2) is 0 Å². The standard InChI is InChI=1S/C14H9ClF3NOS/c15-8-1-3-9(4-2-8)20-10-5-6-12(14(16,17)18)11(7-10)13(19)21/h1-7H,(H2,19,21). The molecule has 2 rings (SSSR count). The van der Waals surface area contributed by atoms with Gasteiger partial charge in [-0.1, -0.05) is 23.8 Å². The van der Waals surface area contributed by atoms with Gasteiger partial charge in [-0.15, -0.1) is 0 Å². The summed E-state index contributed by atoms with van der Waals surface area (Å²) < 4.78 is 44.0. The van der Waals surface area contributed by atoms with Crippen LogP contribution in [0.2, 0.25) is 5.02 Å². The van der Waals surface area contributed by atoms with Gasteiger partial charge in [0, 0.05) is 10.6 Å². The fourth-order valence-electron chi connectivity index (χ4n) is 1.68. The second-order valence-corrected chi connectivity index (χ2v) is 5.00. The van der Waals surface area contributed by atoms with E-state index in [1.54, 1.807) is 24.3 Å². The molecule has 0 unspecified atom stereocenters. The molecule has 0 atom stereocenters. The molecule has 0 aliphatic heterocycles. The largest absolute Gasteiger partial charge is 0.457 e. The van der Waals surface area contributed by atoms with E-state index in [-0.39, 0.29) is 16.3 Å². The number of benzene rings is 2. The number of alkyl halides is 3. The third-order valence-corrected chi connectivity index (χ3v) is 3.08. The lowest BCUT2D eigenvalue weighted by atomic mass is 10.1. The highest BCUT2D eigenvalue weighted by Crippen LogP contribution is 2.34. The molecule has 0 saturated carbocycles. The molecule has 0 amide bonds. The Morgan fingerprint density at radius 2 is 1.62 bits per heavy atom. The van der Waals surface area contributed by atoms with E-state index < -0.39 is 11.7 Å². The molecule has 2 N–H and O–H groups in total. The molecule has 0 saturated heterocycles. The topological polar surface area (TPSA) is 35.2 Å². The molecule has 2 aromatic rings. The minimum Gasteiger partial charge on any atom is -0.457 e. The van der Waals surface area contributed by atoms with Gasteiger partial charge in [0.1, 0.15) is 16.5 Å². The summed E-state index contributed by atoms with van der Waals surface area (Å²) in [7, 11) is 0. The molecule has 0 aromatic heterocycles. The van der Waals surface area contributed by atoms with Crippen molar-refractivity contribution in [2.75, 3.05) is 0 Å². The Kier molecular flexibility index (Phi) is 4.39. The van der Waals surface area contributed by atoms with Crippen LogP contribution in [0.5, 0.6) is 11.5 Å². The lowest BCUT2D eigenvalue weighted by molar-refractivity contribution is -0.137. The summed E-state index contributed by atoms with van der Waals surface area (Å²) in [4.78, 5) is -0.344. The Labute approximate surface area is 129 Å². The van der Waals surface area contributed by atoms with Crippen molar-refractivity contribution in [1.82, 2.24) is 0 Å². The molecule has 21 heavy (non-hydrogen) atoms. The van der Waals surface area contributed by atoms with Crippen LogP contribution in [0.1, 0.15) is 11.1 Å². The SMILES string of the molecule is NC(=S)c1cc(Oc2ccc(Cl)cc2)ccc1C(F)(F)F. The summed E-state index contributed by atoms with van der Waals surface area (Å²) in [6.45, 7) is 0. The van der Waals surface area contributed by atoms with Crippen molar-refractivity contribution in [2.45, 2.75) is 6.18 Å². The van der Waals surface area contributed by atoms with Crippen molar-refractivity contribution < 1.29 is 17.9 Å². The van der Waals surface area contributed by atoms with Gasteiger partial charge in [0.15, 0.2) is 0 Å². The molecule has 0 radical (unpaired) electrons. The monoisotopic (exact) mass is 331 g/mol. The Morgan fingerprint density at radius 3 is 2.14 bits per heavy atom. The second kappa shape index (κ2) is 5.91. The normalized spacial score (nSPS) is 11.2. The minimum atomic E-state index is -4.53. The van der Waals surface area contributed by atoms with E-state index in [0.717, 1.165) is 6.07 Å². The molecule has 0 aliphatic rings. The maximum Gasteiger partial charge on any atom is 0.417 e. The first-order chi connectivity index (χ1) is 9.77. The Balaban J connectivity index is 2.36. The van der Waals surface area contributed by atoms with Crippen LogP contribution < -0.4 is 10.5 Å². The average Bonchev–Trinajstić information content (AvgIpc) is 2.40. The van der Waals surface area contributed by atoms with Gasteiger partial charge < -0.3 is 10.5 Å². The summed E-state index contributed by atoms with van der Waals surface area (Å²) in [6, 6.07) is 9.67. The summed E-state index contributed by atoms with van der Waals surface area (Å²) >= 11 is 10.4. The summed E-state index contributed by atoms with van der Waals surface area (Å²) in [5, 5.41) is 0.526. The molecular weight excluding hydrogens is 323 g/mol. The molecular formula is C14H9ClF3NOS. The predicted molar refractivity (Wildman–Crippen MR) is 78.9 cm³/mol. The third kappa shape index (κ3) is 3.86. The van der Waals surface area contributed by atoms with Crippen molar-refractivity contribution in [3.05, 3.63) is 58.6 Å². The maximum atomic E-state index is 12.8. The summed E-state index contributed by atoms with van der Waals surface area (Å²) in [5.41, 5.74) is 4.19. The van der Waals surface area contributed by atoms with Gasteiger partial charge >= 0.3 is 6.18 Å². The molecule has 0 aliphatic carbocycles. The second-order valence-electron chi connectivity index (χ2n) is 4.13. The summed E-state index contributed by atoms with van der Waals surface area (Å²) in [5.74, 6) is 0.640. The highest BCUT2D eigenvalue weighted by Gasteiger charge is 2.34. The highest BCUT2D eigenvalue weighted by atomic mass is 35.5. The van der Waals surface area contributed by atoms with E-state index in [4.69, 9.17) is 22.1 Å². The number of hydrogen-bond acceptors (Lipinski definition) is 2. The van der Waals surface area contributed by atoms with Crippen molar-refractivity contribution in [3.63, 3.8) is 0 Å². The van der Waals surface area contributed by atoms with Crippen LogP contribution in [0.3, 0.4) is 0 Å². The molecule has 2 aromatic carbocycles. The van der Waals surface area contributed by atoms with Crippen LogP contribution in [-0.4, -0.2) is 4.99 Å². The molecule has 110 valence electrons. The predicted octanol–water partition coefficient (Wildman–Crippen LogP) is 4.79. The van der Waals surface area contributed by atoms with E-state index in [1.165, 1.54) is 12.1 Å². The van der Waals surface area contributed by atoms with Crippen LogP contribution in [-0.2, 0) is 6.18 Å². The quantitative estimate of drug-likeness (QED) is 0.822. The number of ether oxygens (including phenoxy) is 1. The number of hydrogen-bond donors (Lipinski definition) is 1. The van der Waals surface area contributed by atoms with Gasteiger partial charge in [-0.05, 0) is 42.5 Å². The van der Waals surface area contributed by atoms with Crippen LogP contribution in [0.15, 0.2) is 42.5 Å². The van der Waals surface area contributed by atoms with E-state index in [0.29, 0.717) is 10.8 Å². The molecule has 0 fully saturated rings. The van der Waals surface area contributed by atoms with Gasteiger partial charge in [-0.2, -0.15) is 13.2 Å². The van der Waals surface area contributed by atoms with Crippen LogP contribution in [0.4, 0.5) is 13.2 Å². The Bertz CT molecular complexity index is 671. The van der Waals surface area contributed by atoms with Crippen molar-refractivity contribution in [1.29, 1.82) is 0 Å². The van der Waals surface area contributed by atoms with Crippen LogP contribution in [0.25, 0.3) is 0 Å². The Morgan fingerprint density at radius 1 is 1.05 bits per heavy atom. The van der Waals surface area contributed by atoms with E-state index in [1.807, 2.05) is 0 Å². The van der Waals surface area contributed by atoms with Gasteiger partial charge in [0.2, 0.25) is 0 Å². The number of nitrogens with two attached hydrogens (primary N) is 1. The van der Waals surface area contributed by atoms with Crippen molar-refractivity contribution in [2.24, 2.45) is 5.73 Å². The van der Waals surface area contributed by atoms with Crippen LogP contribution >= 0.6 is 23.8 Å². The smallest absolute Gasteiger partial charge is 0.417 e. The maximum absolute atomic E-state index is 12.8. The fourth-order valence-corrected chi connectivity index (χ4v) is 1.97. The van der Waals surface area contributed by atoms with Crippen molar-refractivity contribution >= 4 is 28.8 Å². The lowest BCUT2D eigenvalue weighted by Gasteiger charge is -2.14. The van der Waals surface area contributed by atoms with Crippen molar-refractivity contribution in [3.8, 4) is 11.5 Å².